The number of rotatable bonds is 10. The minimum absolute atomic E-state index is 0.0470. The Labute approximate surface area is 159 Å². The van der Waals surface area contributed by atoms with Crippen LogP contribution >= 0.6 is 0 Å². The highest BCUT2D eigenvalue weighted by Crippen LogP contribution is 2.33. The molecule has 4 heteroatoms. The first-order chi connectivity index (χ1) is 12.6. The predicted molar refractivity (Wildman–Crippen MR) is 103 cm³/mol. The molecular weight excluding hydrogens is 328 g/mol. The van der Waals surface area contributed by atoms with Crippen molar-refractivity contribution in [3.63, 3.8) is 0 Å². The molecule has 0 spiro atoms. The van der Waals surface area contributed by atoms with E-state index in [-0.39, 0.29) is 12.1 Å². The average molecular weight is 367 g/mol. The Balaban J connectivity index is 1.54. The van der Waals surface area contributed by atoms with E-state index in [2.05, 4.69) is 0 Å². The number of carbonyl (C=O) groups is 2. The van der Waals surface area contributed by atoms with Crippen molar-refractivity contribution in [1.29, 1.82) is 0 Å². The molecule has 2 aliphatic carbocycles. The lowest BCUT2D eigenvalue weighted by atomic mass is 9.80. The zero-order valence-corrected chi connectivity index (χ0v) is 16.8. The lowest BCUT2D eigenvalue weighted by Gasteiger charge is -2.32. The van der Waals surface area contributed by atoms with E-state index in [1.54, 1.807) is 0 Å². The predicted octanol–water partition coefficient (Wildman–Crippen LogP) is 5.22. The fourth-order valence-electron chi connectivity index (χ4n) is 4.27. The Bertz CT molecular complexity index is 418. The van der Waals surface area contributed by atoms with Crippen molar-refractivity contribution in [2.45, 2.75) is 110 Å². The molecule has 0 aliphatic heterocycles. The molecule has 2 saturated carbocycles. The molecule has 0 unspecified atom stereocenters. The second-order valence-electron chi connectivity index (χ2n) is 8.29. The van der Waals surface area contributed by atoms with Crippen LogP contribution in [0.1, 0.15) is 97.3 Å². The molecule has 0 aromatic rings. The Morgan fingerprint density at radius 1 is 0.808 bits per heavy atom. The Hall–Kier alpha value is -0.900. The molecule has 0 aromatic heterocycles. The van der Waals surface area contributed by atoms with Crippen LogP contribution in [0.5, 0.6) is 0 Å². The Morgan fingerprint density at radius 2 is 1.42 bits per heavy atom. The minimum atomic E-state index is -0.0470. The van der Waals surface area contributed by atoms with Crippen molar-refractivity contribution in [3.8, 4) is 0 Å². The highest BCUT2D eigenvalue weighted by molar-refractivity contribution is 5.77. The number of Topliss-reactive ketones (excluding diaryl/α,β-unsaturated/α-hetero) is 1. The van der Waals surface area contributed by atoms with E-state index in [1.807, 2.05) is 13.8 Å². The first-order valence-corrected chi connectivity index (χ1v) is 10.9. The van der Waals surface area contributed by atoms with Crippen molar-refractivity contribution in [1.82, 2.24) is 0 Å². The highest BCUT2D eigenvalue weighted by atomic mass is 16.5. The third-order valence-corrected chi connectivity index (χ3v) is 6.13. The van der Waals surface area contributed by atoms with Gasteiger partial charge in [0, 0.05) is 25.9 Å². The van der Waals surface area contributed by atoms with E-state index in [0.29, 0.717) is 30.6 Å². The average Bonchev–Trinajstić information content (AvgIpc) is 2.66. The molecule has 2 aliphatic rings. The van der Waals surface area contributed by atoms with E-state index in [4.69, 9.17) is 9.47 Å². The SMILES string of the molecule is CCCC(=O)OC1CCC(OCC2CCC(CCC(=O)CC)CC2)CC1. The van der Waals surface area contributed by atoms with Gasteiger partial charge in [0.05, 0.1) is 6.10 Å². The standard InChI is InChI=1S/C22H38O4/c1-3-5-22(24)26-21-14-12-20(13-15-21)25-16-18-8-6-17(7-9-18)10-11-19(23)4-2/h17-18,20-21H,3-16H2,1-2H3. The first kappa shape index (κ1) is 21.4. The number of ketones is 1. The van der Waals surface area contributed by atoms with Crippen LogP contribution in [0.25, 0.3) is 0 Å². The van der Waals surface area contributed by atoms with E-state index in [9.17, 15) is 9.59 Å². The molecule has 0 bridgehead atoms. The first-order valence-electron chi connectivity index (χ1n) is 10.9. The maximum atomic E-state index is 11.6. The highest BCUT2D eigenvalue weighted by Gasteiger charge is 2.26. The Morgan fingerprint density at radius 3 is 2.04 bits per heavy atom. The number of hydrogen-bond acceptors (Lipinski definition) is 4. The summed E-state index contributed by atoms with van der Waals surface area (Å²) in [7, 11) is 0. The third-order valence-electron chi connectivity index (χ3n) is 6.13. The fourth-order valence-corrected chi connectivity index (χ4v) is 4.27. The number of hydrogen-bond donors (Lipinski definition) is 0. The Kier molecular flexibility index (Phi) is 9.66. The molecular formula is C22H38O4. The van der Waals surface area contributed by atoms with E-state index < -0.39 is 0 Å². The largest absolute Gasteiger partial charge is 0.462 e. The number of ether oxygens (including phenoxy) is 2. The number of carbonyl (C=O) groups excluding carboxylic acids is 2. The lowest BCUT2D eigenvalue weighted by Crippen LogP contribution is -2.30. The molecule has 0 radical (unpaired) electrons. The summed E-state index contributed by atoms with van der Waals surface area (Å²) in [5.74, 6) is 1.80. The summed E-state index contributed by atoms with van der Waals surface area (Å²) < 4.78 is 11.7. The molecule has 2 rings (SSSR count). The third kappa shape index (κ3) is 7.77. The van der Waals surface area contributed by atoms with Crippen LogP contribution in [-0.4, -0.2) is 30.6 Å². The van der Waals surface area contributed by atoms with Crippen molar-refractivity contribution < 1.29 is 19.1 Å². The van der Waals surface area contributed by atoms with Crippen LogP contribution in [0.4, 0.5) is 0 Å². The van der Waals surface area contributed by atoms with Gasteiger partial charge in [-0.25, -0.2) is 0 Å². The second-order valence-corrected chi connectivity index (χ2v) is 8.29. The van der Waals surface area contributed by atoms with Gasteiger partial charge in [-0.05, 0) is 63.2 Å². The van der Waals surface area contributed by atoms with E-state index in [0.717, 1.165) is 57.5 Å². The van der Waals surface area contributed by atoms with Crippen LogP contribution in [0.15, 0.2) is 0 Å². The van der Waals surface area contributed by atoms with Crippen LogP contribution in [0, 0.1) is 11.8 Å². The molecule has 4 nitrogen and oxygen atoms in total. The maximum Gasteiger partial charge on any atom is 0.306 e. The van der Waals surface area contributed by atoms with Gasteiger partial charge in [-0.3, -0.25) is 9.59 Å². The molecule has 0 amide bonds. The van der Waals surface area contributed by atoms with Gasteiger partial charge < -0.3 is 9.47 Å². The summed E-state index contributed by atoms with van der Waals surface area (Å²) in [6.07, 6.45) is 13.3. The van der Waals surface area contributed by atoms with Crippen LogP contribution in [-0.2, 0) is 19.1 Å². The van der Waals surface area contributed by atoms with Gasteiger partial charge in [-0.2, -0.15) is 0 Å². The second kappa shape index (κ2) is 11.7. The summed E-state index contributed by atoms with van der Waals surface area (Å²) in [4.78, 5) is 23.0. The molecule has 0 saturated heterocycles. The van der Waals surface area contributed by atoms with Gasteiger partial charge in [-0.15, -0.1) is 0 Å². The molecule has 0 N–H and O–H groups in total. The summed E-state index contributed by atoms with van der Waals surface area (Å²) in [5, 5.41) is 0. The lowest BCUT2D eigenvalue weighted by molar-refractivity contribution is -0.152. The van der Waals surface area contributed by atoms with Crippen LogP contribution in [0.2, 0.25) is 0 Å². The summed E-state index contributed by atoms with van der Waals surface area (Å²) >= 11 is 0. The summed E-state index contributed by atoms with van der Waals surface area (Å²) in [6.45, 7) is 4.84. The van der Waals surface area contributed by atoms with Crippen molar-refractivity contribution >= 4 is 11.8 Å². The minimum Gasteiger partial charge on any atom is -0.462 e. The van der Waals surface area contributed by atoms with Crippen molar-refractivity contribution in [2.24, 2.45) is 11.8 Å². The smallest absolute Gasteiger partial charge is 0.306 e. The quantitative estimate of drug-likeness (QED) is 0.497. The fraction of sp³-hybridized carbons (Fsp3) is 0.909. The molecule has 0 heterocycles. The zero-order valence-electron chi connectivity index (χ0n) is 16.8. The monoisotopic (exact) mass is 366 g/mol. The maximum absolute atomic E-state index is 11.6. The van der Waals surface area contributed by atoms with Crippen LogP contribution < -0.4 is 0 Å². The van der Waals surface area contributed by atoms with E-state index >= 15 is 0 Å². The van der Waals surface area contributed by atoms with Gasteiger partial charge in [0.15, 0.2) is 0 Å². The molecule has 2 fully saturated rings. The van der Waals surface area contributed by atoms with Crippen molar-refractivity contribution in [3.05, 3.63) is 0 Å². The van der Waals surface area contributed by atoms with Gasteiger partial charge in [-0.1, -0.05) is 26.7 Å². The van der Waals surface area contributed by atoms with Gasteiger partial charge in [0.1, 0.15) is 11.9 Å². The summed E-state index contributed by atoms with van der Waals surface area (Å²) in [6, 6.07) is 0. The van der Waals surface area contributed by atoms with Gasteiger partial charge in [0.2, 0.25) is 0 Å². The molecule has 0 aromatic carbocycles. The van der Waals surface area contributed by atoms with E-state index in [1.165, 1.54) is 25.7 Å². The molecule has 0 atom stereocenters. The van der Waals surface area contributed by atoms with Gasteiger partial charge in [0.25, 0.3) is 0 Å². The summed E-state index contributed by atoms with van der Waals surface area (Å²) in [5.41, 5.74) is 0. The molecule has 26 heavy (non-hydrogen) atoms. The number of esters is 1. The van der Waals surface area contributed by atoms with Crippen LogP contribution in [0.3, 0.4) is 0 Å². The van der Waals surface area contributed by atoms with Gasteiger partial charge >= 0.3 is 5.97 Å². The topological polar surface area (TPSA) is 52.6 Å². The van der Waals surface area contributed by atoms with Crippen molar-refractivity contribution in [2.75, 3.05) is 6.61 Å². The zero-order chi connectivity index (χ0) is 18.8. The normalized spacial score (nSPS) is 29.3. The molecule has 150 valence electrons.